The van der Waals surface area contributed by atoms with E-state index in [0.717, 1.165) is 12.1 Å². The van der Waals surface area contributed by atoms with Crippen molar-refractivity contribution >= 4 is 23.2 Å². The highest BCUT2D eigenvalue weighted by Crippen LogP contribution is 2.32. The van der Waals surface area contributed by atoms with Gasteiger partial charge in [0.1, 0.15) is 11.7 Å². The largest absolute Gasteiger partial charge is 0.497 e. The SMILES string of the molecule is COc1ccc(NC(=O)[C@H]2CCN(c3ccc(C(F)(F)F)cc3)C2=O)cc1. The Kier molecular flexibility index (Phi) is 5.07. The number of hydrogen-bond donors (Lipinski definition) is 1. The molecule has 142 valence electrons. The lowest BCUT2D eigenvalue weighted by molar-refractivity contribution is -0.137. The number of carbonyl (C=O) groups excluding carboxylic acids is 2. The van der Waals surface area contributed by atoms with Crippen LogP contribution in [-0.4, -0.2) is 25.5 Å². The molecule has 0 bridgehead atoms. The van der Waals surface area contributed by atoms with Gasteiger partial charge in [-0.2, -0.15) is 13.2 Å². The monoisotopic (exact) mass is 378 g/mol. The second kappa shape index (κ2) is 7.30. The summed E-state index contributed by atoms with van der Waals surface area (Å²) < 4.78 is 43.0. The minimum atomic E-state index is -4.44. The summed E-state index contributed by atoms with van der Waals surface area (Å²) in [7, 11) is 1.53. The average Bonchev–Trinajstić information content (AvgIpc) is 3.03. The van der Waals surface area contributed by atoms with Gasteiger partial charge in [0.2, 0.25) is 11.8 Å². The normalized spacial score (nSPS) is 17.1. The first-order valence-corrected chi connectivity index (χ1v) is 8.23. The molecule has 1 saturated heterocycles. The fraction of sp³-hybridized carbons (Fsp3) is 0.263. The van der Waals surface area contributed by atoms with Crippen molar-refractivity contribution in [2.45, 2.75) is 12.6 Å². The molecule has 2 aromatic rings. The Morgan fingerprint density at radius 2 is 1.74 bits per heavy atom. The standard InChI is InChI=1S/C19H17F3N2O3/c1-27-15-8-4-13(5-9-15)23-17(25)16-10-11-24(18(16)26)14-6-2-12(3-7-14)19(20,21)22/h2-9,16H,10-11H2,1H3,(H,23,25)/t16-/m1/s1. The topological polar surface area (TPSA) is 58.6 Å². The maximum atomic E-state index is 12.7. The lowest BCUT2D eigenvalue weighted by atomic mass is 10.1. The van der Waals surface area contributed by atoms with Crippen LogP contribution in [0.25, 0.3) is 0 Å². The molecule has 1 atom stereocenters. The van der Waals surface area contributed by atoms with Gasteiger partial charge in [0.25, 0.3) is 0 Å². The first kappa shape index (κ1) is 18.8. The summed E-state index contributed by atoms with van der Waals surface area (Å²) in [5.41, 5.74) is 0.0843. The van der Waals surface area contributed by atoms with Crippen LogP contribution in [0.2, 0.25) is 0 Å². The molecule has 0 aromatic heterocycles. The van der Waals surface area contributed by atoms with Gasteiger partial charge in [-0.25, -0.2) is 0 Å². The third kappa shape index (κ3) is 4.05. The van der Waals surface area contributed by atoms with E-state index in [-0.39, 0.29) is 6.54 Å². The number of rotatable bonds is 4. The number of halogens is 3. The Morgan fingerprint density at radius 3 is 2.30 bits per heavy atom. The van der Waals surface area contributed by atoms with Gasteiger partial charge in [-0.15, -0.1) is 0 Å². The number of methoxy groups -OCH3 is 1. The molecule has 3 rings (SSSR count). The summed E-state index contributed by atoms with van der Waals surface area (Å²) in [6.45, 7) is 0.269. The summed E-state index contributed by atoms with van der Waals surface area (Å²) in [6, 6.07) is 11.0. The summed E-state index contributed by atoms with van der Waals surface area (Å²) in [6.07, 6.45) is -4.14. The molecule has 0 unspecified atom stereocenters. The van der Waals surface area contributed by atoms with E-state index in [0.29, 0.717) is 23.5 Å². The Morgan fingerprint density at radius 1 is 1.11 bits per heavy atom. The quantitative estimate of drug-likeness (QED) is 0.826. The number of hydrogen-bond acceptors (Lipinski definition) is 3. The molecule has 0 spiro atoms. The minimum absolute atomic E-state index is 0.269. The van der Waals surface area contributed by atoms with Gasteiger partial charge in [-0.05, 0) is 55.0 Å². The molecule has 2 aromatic carbocycles. The molecule has 0 aliphatic carbocycles. The molecule has 8 heteroatoms. The van der Waals surface area contributed by atoms with Crippen LogP contribution in [0, 0.1) is 5.92 Å². The van der Waals surface area contributed by atoms with Crippen molar-refractivity contribution in [2.24, 2.45) is 5.92 Å². The summed E-state index contributed by atoms with van der Waals surface area (Å²) >= 11 is 0. The van der Waals surface area contributed by atoms with Crippen molar-refractivity contribution in [1.82, 2.24) is 0 Å². The van der Waals surface area contributed by atoms with Crippen molar-refractivity contribution in [1.29, 1.82) is 0 Å². The molecule has 1 aliphatic heterocycles. The van der Waals surface area contributed by atoms with Gasteiger partial charge >= 0.3 is 6.18 Å². The Hall–Kier alpha value is -3.03. The van der Waals surface area contributed by atoms with E-state index in [1.165, 1.54) is 24.1 Å². The van der Waals surface area contributed by atoms with Gasteiger partial charge in [-0.3, -0.25) is 9.59 Å². The number of anilines is 2. The molecule has 0 saturated carbocycles. The Balaban J connectivity index is 1.67. The van der Waals surface area contributed by atoms with Crippen molar-refractivity contribution < 1.29 is 27.5 Å². The first-order chi connectivity index (χ1) is 12.8. The second-order valence-corrected chi connectivity index (χ2v) is 6.09. The second-order valence-electron chi connectivity index (χ2n) is 6.09. The first-order valence-electron chi connectivity index (χ1n) is 8.23. The fourth-order valence-electron chi connectivity index (χ4n) is 2.91. The minimum Gasteiger partial charge on any atom is -0.497 e. The fourth-order valence-corrected chi connectivity index (χ4v) is 2.91. The Labute approximate surface area is 153 Å². The van der Waals surface area contributed by atoms with Crippen molar-refractivity contribution in [2.75, 3.05) is 23.9 Å². The molecular weight excluding hydrogens is 361 g/mol. The summed E-state index contributed by atoms with van der Waals surface area (Å²) in [4.78, 5) is 26.3. The van der Waals surface area contributed by atoms with Crippen molar-refractivity contribution in [3.8, 4) is 5.75 Å². The van der Waals surface area contributed by atoms with Crippen LogP contribution in [0.4, 0.5) is 24.5 Å². The molecule has 2 amide bonds. The van der Waals surface area contributed by atoms with Crippen LogP contribution >= 0.6 is 0 Å². The maximum Gasteiger partial charge on any atom is 0.416 e. The highest BCUT2D eigenvalue weighted by Gasteiger charge is 2.38. The molecular formula is C19H17F3N2O3. The lowest BCUT2D eigenvalue weighted by Gasteiger charge is -2.17. The van der Waals surface area contributed by atoms with E-state index in [2.05, 4.69) is 5.32 Å². The van der Waals surface area contributed by atoms with E-state index in [4.69, 9.17) is 4.74 Å². The van der Waals surface area contributed by atoms with E-state index in [1.54, 1.807) is 24.3 Å². The van der Waals surface area contributed by atoms with Gasteiger partial charge < -0.3 is 15.0 Å². The van der Waals surface area contributed by atoms with Gasteiger partial charge in [0.15, 0.2) is 0 Å². The van der Waals surface area contributed by atoms with E-state index in [9.17, 15) is 22.8 Å². The average molecular weight is 378 g/mol. The number of carbonyl (C=O) groups is 2. The van der Waals surface area contributed by atoms with Gasteiger partial charge in [0, 0.05) is 17.9 Å². The number of amides is 2. The summed E-state index contributed by atoms with van der Waals surface area (Å²) in [5, 5.41) is 2.68. The number of benzene rings is 2. The van der Waals surface area contributed by atoms with Crippen LogP contribution in [0.5, 0.6) is 5.75 Å². The molecule has 1 N–H and O–H groups in total. The molecule has 1 fully saturated rings. The third-order valence-corrected chi connectivity index (χ3v) is 4.39. The molecule has 0 radical (unpaired) electrons. The number of nitrogens with one attached hydrogen (secondary N) is 1. The molecule has 1 heterocycles. The van der Waals surface area contributed by atoms with Crippen LogP contribution < -0.4 is 15.0 Å². The highest BCUT2D eigenvalue weighted by atomic mass is 19.4. The smallest absolute Gasteiger partial charge is 0.416 e. The molecule has 27 heavy (non-hydrogen) atoms. The Bertz CT molecular complexity index is 833. The highest BCUT2D eigenvalue weighted by molar-refractivity contribution is 6.13. The van der Waals surface area contributed by atoms with Gasteiger partial charge in [0.05, 0.1) is 12.7 Å². The zero-order valence-electron chi connectivity index (χ0n) is 14.4. The number of alkyl halides is 3. The van der Waals surface area contributed by atoms with E-state index < -0.39 is 29.5 Å². The third-order valence-electron chi connectivity index (χ3n) is 4.39. The van der Waals surface area contributed by atoms with Crippen LogP contribution in [0.1, 0.15) is 12.0 Å². The molecule has 1 aliphatic rings. The van der Waals surface area contributed by atoms with Crippen LogP contribution in [-0.2, 0) is 15.8 Å². The summed E-state index contributed by atoms with van der Waals surface area (Å²) in [5.74, 6) is -1.12. The van der Waals surface area contributed by atoms with Crippen molar-refractivity contribution in [3.63, 3.8) is 0 Å². The van der Waals surface area contributed by atoms with E-state index in [1.807, 2.05) is 0 Å². The van der Waals surface area contributed by atoms with Crippen LogP contribution in [0.3, 0.4) is 0 Å². The maximum absolute atomic E-state index is 12.7. The van der Waals surface area contributed by atoms with E-state index >= 15 is 0 Å². The number of nitrogens with zero attached hydrogens (tertiary/aromatic N) is 1. The van der Waals surface area contributed by atoms with Crippen LogP contribution in [0.15, 0.2) is 48.5 Å². The zero-order chi connectivity index (χ0) is 19.6. The zero-order valence-corrected chi connectivity index (χ0v) is 14.4. The predicted molar refractivity (Wildman–Crippen MR) is 93.5 cm³/mol. The number of ether oxygens (including phenoxy) is 1. The molecule has 5 nitrogen and oxygen atoms in total. The van der Waals surface area contributed by atoms with Crippen molar-refractivity contribution in [3.05, 3.63) is 54.1 Å². The lowest BCUT2D eigenvalue weighted by Crippen LogP contribution is -2.33. The predicted octanol–water partition coefficient (Wildman–Crippen LogP) is 3.71. The van der Waals surface area contributed by atoms with Gasteiger partial charge in [-0.1, -0.05) is 0 Å².